The van der Waals surface area contributed by atoms with Crippen molar-refractivity contribution in [2.75, 3.05) is 24.6 Å². The molecule has 1 aliphatic rings. The molecule has 1 atom stereocenters. The molecule has 0 aromatic carbocycles. The number of aromatic nitrogens is 1. The molecule has 102 valence electrons. The zero-order valence-electron chi connectivity index (χ0n) is 11.3. The lowest BCUT2D eigenvalue weighted by Gasteiger charge is -2.23. The molecule has 1 unspecified atom stereocenters. The van der Waals surface area contributed by atoms with E-state index in [9.17, 15) is 0 Å². The highest BCUT2D eigenvalue weighted by Crippen LogP contribution is 2.27. The fourth-order valence-electron chi connectivity index (χ4n) is 2.32. The quantitative estimate of drug-likeness (QED) is 0.860. The monoisotopic (exact) mass is 269 g/mol. The van der Waals surface area contributed by atoms with Gasteiger partial charge in [0.2, 0.25) is 0 Å². The Hall–Kier alpha value is -0.650. The van der Waals surface area contributed by atoms with Gasteiger partial charge in [-0.1, -0.05) is 6.92 Å². The molecule has 2 heterocycles. The van der Waals surface area contributed by atoms with Crippen LogP contribution in [-0.2, 0) is 17.7 Å². The van der Waals surface area contributed by atoms with Gasteiger partial charge in [0.1, 0.15) is 0 Å². The summed E-state index contributed by atoms with van der Waals surface area (Å²) < 4.78 is 5.71. The number of ether oxygens (including phenoxy) is 1. The second kappa shape index (κ2) is 6.50. The van der Waals surface area contributed by atoms with Gasteiger partial charge in [0.15, 0.2) is 5.13 Å². The Morgan fingerprint density at radius 2 is 2.33 bits per heavy atom. The molecule has 0 radical (unpaired) electrons. The maximum absolute atomic E-state index is 5.77. The second-order valence-electron chi connectivity index (χ2n) is 4.60. The van der Waals surface area contributed by atoms with E-state index in [1.165, 1.54) is 17.7 Å². The van der Waals surface area contributed by atoms with Crippen LogP contribution < -0.4 is 10.6 Å². The van der Waals surface area contributed by atoms with Crippen LogP contribution >= 0.6 is 11.3 Å². The molecule has 2 N–H and O–H groups in total. The van der Waals surface area contributed by atoms with E-state index in [4.69, 9.17) is 15.5 Å². The zero-order valence-corrected chi connectivity index (χ0v) is 12.1. The Labute approximate surface area is 113 Å². The summed E-state index contributed by atoms with van der Waals surface area (Å²) in [6, 6.07) is 0. The highest BCUT2D eigenvalue weighted by molar-refractivity contribution is 7.15. The number of nitrogens with two attached hydrogens (primary N) is 1. The first-order valence-electron chi connectivity index (χ1n) is 6.83. The maximum atomic E-state index is 5.77. The Bertz CT molecular complexity index is 353. The first-order chi connectivity index (χ1) is 8.78. The molecule has 5 heteroatoms. The molecule has 0 amide bonds. The van der Waals surface area contributed by atoms with Crippen LogP contribution in [0.3, 0.4) is 0 Å². The van der Waals surface area contributed by atoms with Gasteiger partial charge in [-0.2, -0.15) is 0 Å². The van der Waals surface area contributed by atoms with Crippen LogP contribution in [0.1, 0.15) is 37.3 Å². The molecule has 1 aromatic heterocycles. The summed E-state index contributed by atoms with van der Waals surface area (Å²) in [7, 11) is 0. The van der Waals surface area contributed by atoms with Gasteiger partial charge < -0.3 is 15.4 Å². The van der Waals surface area contributed by atoms with E-state index in [0.717, 1.165) is 36.9 Å². The van der Waals surface area contributed by atoms with E-state index in [2.05, 4.69) is 18.7 Å². The topological polar surface area (TPSA) is 51.4 Å². The van der Waals surface area contributed by atoms with Crippen LogP contribution in [0.2, 0.25) is 0 Å². The van der Waals surface area contributed by atoms with Crippen LogP contribution in [-0.4, -0.2) is 30.8 Å². The van der Waals surface area contributed by atoms with Gasteiger partial charge >= 0.3 is 0 Å². The van der Waals surface area contributed by atoms with Crippen molar-refractivity contribution in [3.63, 3.8) is 0 Å². The van der Waals surface area contributed by atoms with Crippen molar-refractivity contribution in [1.82, 2.24) is 4.98 Å². The van der Waals surface area contributed by atoms with E-state index in [1.54, 1.807) is 11.3 Å². The third-order valence-corrected chi connectivity index (χ3v) is 4.57. The third kappa shape index (κ3) is 3.02. The number of rotatable bonds is 6. The van der Waals surface area contributed by atoms with Crippen LogP contribution in [0.15, 0.2) is 0 Å². The van der Waals surface area contributed by atoms with Crippen molar-refractivity contribution in [2.24, 2.45) is 5.73 Å². The lowest BCUT2D eigenvalue weighted by Crippen LogP contribution is -2.31. The van der Waals surface area contributed by atoms with Gasteiger partial charge in [0.25, 0.3) is 0 Å². The molecule has 4 nitrogen and oxygen atoms in total. The number of likely N-dealkylation sites (N-methyl/N-ethyl adjacent to an activating group) is 1. The molecule has 18 heavy (non-hydrogen) atoms. The van der Waals surface area contributed by atoms with Crippen LogP contribution in [0.4, 0.5) is 5.13 Å². The molecule has 0 aliphatic carbocycles. The Kier molecular flexibility index (Phi) is 4.97. The molecule has 1 aliphatic heterocycles. The predicted octanol–water partition coefficient (Wildman–Crippen LogP) is 2.17. The number of nitrogens with zero attached hydrogens (tertiary/aromatic N) is 2. The minimum atomic E-state index is 0.375. The largest absolute Gasteiger partial charge is 0.376 e. The van der Waals surface area contributed by atoms with Gasteiger partial charge in [-0.15, -0.1) is 11.3 Å². The van der Waals surface area contributed by atoms with Crippen molar-refractivity contribution >= 4 is 16.5 Å². The van der Waals surface area contributed by atoms with E-state index in [-0.39, 0.29) is 0 Å². The molecule has 0 spiro atoms. The van der Waals surface area contributed by atoms with Crippen molar-refractivity contribution in [3.8, 4) is 0 Å². The lowest BCUT2D eigenvalue weighted by atomic mass is 10.2. The average Bonchev–Trinajstić information content (AvgIpc) is 3.04. The smallest absolute Gasteiger partial charge is 0.185 e. The van der Waals surface area contributed by atoms with Crippen LogP contribution in [0.5, 0.6) is 0 Å². The molecule has 1 fully saturated rings. The number of anilines is 1. The van der Waals surface area contributed by atoms with Gasteiger partial charge in [-0.25, -0.2) is 4.98 Å². The molecule has 2 rings (SSSR count). The number of thiazole rings is 1. The summed E-state index contributed by atoms with van der Waals surface area (Å²) in [6.45, 7) is 7.74. The van der Waals surface area contributed by atoms with Gasteiger partial charge in [0, 0.05) is 31.1 Å². The van der Waals surface area contributed by atoms with Crippen molar-refractivity contribution in [1.29, 1.82) is 0 Å². The molecule has 1 aromatic rings. The second-order valence-corrected chi connectivity index (χ2v) is 5.66. The molecule has 0 saturated carbocycles. The molecular formula is C13H23N3OS. The van der Waals surface area contributed by atoms with E-state index in [1.807, 2.05) is 0 Å². The third-order valence-electron chi connectivity index (χ3n) is 3.39. The van der Waals surface area contributed by atoms with Crippen LogP contribution in [0, 0.1) is 0 Å². The Morgan fingerprint density at radius 3 is 2.83 bits per heavy atom. The number of hydrogen-bond donors (Lipinski definition) is 1. The van der Waals surface area contributed by atoms with E-state index < -0.39 is 0 Å². The van der Waals surface area contributed by atoms with Crippen LogP contribution in [0.25, 0.3) is 0 Å². The first-order valence-corrected chi connectivity index (χ1v) is 7.65. The standard InChI is InChI=1S/C13H23N3OS/c1-3-11-12(8-14)18-13(15-11)16(4-2)9-10-6-5-7-17-10/h10H,3-9,14H2,1-2H3. The minimum Gasteiger partial charge on any atom is -0.376 e. The minimum absolute atomic E-state index is 0.375. The normalized spacial score (nSPS) is 19.4. The van der Waals surface area contributed by atoms with Gasteiger partial charge in [-0.3, -0.25) is 0 Å². The van der Waals surface area contributed by atoms with Gasteiger partial charge in [-0.05, 0) is 26.2 Å². The predicted molar refractivity (Wildman–Crippen MR) is 76.2 cm³/mol. The Morgan fingerprint density at radius 1 is 1.50 bits per heavy atom. The maximum Gasteiger partial charge on any atom is 0.185 e. The fraction of sp³-hybridized carbons (Fsp3) is 0.769. The average molecular weight is 269 g/mol. The highest BCUT2D eigenvalue weighted by atomic mass is 32.1. The van der Waals surface area contributed by atoms with E-state index in [0.29, 0.717) is 12.6 Å². The summed E-state index contributed by atoms with van der Waals surface area (Å²) in [5.41, 5.74) is 6.93. The zero-order chi connectivity index (χ0) is 13.0. The first kappa shape index (κ1) is 13.8. The Balaban J connectivity index is 2.08. The lowest BCUT2D eigenvalue weighted by molar-refractivity contribution is 0.115. The summed E-state index contributed by atoms with van der Waals surface area (Å²) in [6.07, 6.45) is 3.70. The number of aryl methyl sites for hydroxylation is 1. The van der Waals surface area contributed by atoms with Gasteiger partial charge in [0.05, 0.1) is 11.8 Å². The molecule has 1 saturated heterocycles. The SMILES string of the molecule is CCc1nc(N(CC)CC2CCCO2)sc1CN. The molecular weight excluding hydrogens is 246 g/mol. The van der Waals surface area contributed by atoms with E-state index >= 15 is 0 Å². The number of hydrogen-bond acceptors (Lipinski definition) is 5. The van der Waals surface area contributed by atoms with Crippen molar-refractivity contribution in [2.45, 2.75) is 45.8 Å². The summed E-state index contributed by atoms with van der Waals surface area (Å²) in [5, 5.41) is 1.10. The molecule has 0 bridgehead atoms. The summed E-state index contributed by atoms with van der Waals surface area (Å²) >= 11 is 1.73. The highest BCUT2D eigenvalue weighted by Gasteiger charge is 2.21. The fourth-order valence-corrected chi connectivity index (χ4v) is 3.42. The van der Waals surface area contributed by atoms with Crippen molar-refractivity contribution in [3.05, 3.63) is 10.6 Å². The van der Waals surface area contributed by atoms with Crippen molar-refractivity contribution < 1.29 is 4.74 Å². The summed E-state index contributed by atoms with van der Waals surface area (Å²) in [5.74, 6) is 0. The summed E-state index contributed by atoms with van der Waals surface area (Å²) in [4.78, 5) is 8.26.